The van der Waals surface area contributed by atoms with Crippen LogP contribution in [0.5, 0.6) is 11.5 Å². The van der Waals surface area contributed by atoms with Crippen LogP contribution >= 0.6 is 0 Å². The summed E-state index contributed by atoms with van der Waals surface area (Å²) < 4.78 is 60.7. The summed E-state index contributed by atoms with van der Waals surface area (Å²) in [6.07, 6.45) is 3.22. The van der Waals surface area contributed by atoms with E-state index in [1.807, 2.05) is 0 Å². The average Bonchev–Trinajstić information content (AvgIpc) is 3.23. The number of nitrogens with zero attached hydrogens (tertiary/aromatic N) is 1. The molecule has 0 atom stereocenters. The summed E-state index contributed by atoms with van der Waals surface area (Å²) in [5, 5.41) is 3.11. The molecule has 0 aliphatic carbocycles. The first kappa shape index (κ1) is 20.3. The van der Waals surface area contributed by atoms with Gasteiger partial charge in [0, 0.05) is 19.2 Å². The first-order valence-electron chi connectivity index (χ1n) is 8.77. The minimum atomic E-state index is -3.46. The minimum absolute atomic E-state index is 0.0377. The minimum Gasteiger partial charge on any atom is -0.493 e. The molecule has 2 N–H and O–H groups in total. The Kier molecular flexibility index (Phi) is 6.30. The zero-order valence-electron chi connectivity index (χ0n) is 15.3. The highest BCUT2D eigenvalue weighted by Gasteiger charge is 2.28. The highest BCUT2D eigenvalue weighted by Crippen LogP contribution is 2.29. The molecule has 1 aromatic heterocycles. The molecule has 0 radical (unpaired) electrons. The van der Waals surface area contributed by atoms with Crippen LogP contribution in [0.15, 0.2) is 41.4 Å². The number of rotatable bonds is 8. The predicted molar refractivity (Wildman–Crippen MR) is 97.9 cm³/mol. The largest absolute Gasteiger partial charge is 0.493 e. The number of halogens is 2. The van der Waals surface area contributed by atoms with Gasteiger partial charge in [-0.3, -0.25) is 5.32 Å². The summed E-state index contributed by atoms with van der Waals surface area (Å²) >= 11 is 0. The zero-order chi connectivity index (χ0) is 20.1. The molecular weight excluding hydrogens is 392 g/mol. The lowest BCUT2D eigenvalue weighted by Crippen LogP contribution is -2.29. The highest BCUT2D eigenvalue weighted by molar-refractivity contribution is 7.89. The fourth-order valence-corrected chi connectivity index (χ4v) is 4.46. The van der Waals surface area contributed by atoms with Crippen molar-refractivity contribution in [1.82, 2.24) is 4.31 Å². The van der Waals surface area contributed by atoms with Crippen molar-refractivity contribution in [2.24, 2.45) is 0 Å². The van der Waals surface area contributed by atoms with Gasteiger partial charge in [0.25, 0.3) is 5.82 Å². The average molecular weight is 414 g/mol. The van der Waals surface area contributed by atoms with Gasteiger partial charge in [-0.2, -0.15) is 13.1 Å². The Hall–Kier alpha value is -2.46. The number of nitrogens with one attached hydrogen (secondary N) is 2. The van der Waals surface area contributed by atoms with Gasteiger partial charge in [-0.1, -0.05) is 6.07 Å². The number of hydrogen-bond acceptors (Lipinski definition) is 5. The third-order valence-corrected chi connectivity index (χ3v) is 6.31. The molecular formula is C18H22F2N3O4S+. The Morgan fingerprint density at radius 1 is 1.18 bits per heavy atom. The van der Waals surface area contributed by atoms with Gasteiger partial charge in [0.2, 0.25) is 10.0 Å². The number of H-pyrrole nitrogens is 1. The van der Waals surface area contributed by atoms with Crippen molar-refractivity contribution in [3.05, 3.63) is 42.1 Å². The maximum atomic E-state index is 12.5. The fourth-order valence-electron chi connectivity index (χ4n) is 2.97. The molecule has 1 aliphatic rings. The van der Waals surface area contributed by atoms with Crippen LogP contribution in [0.1, 0.15) is 18.4 Å². The summed E-state index contributed by atoms with van der Waals surface area (Å²) in [4.78, 5) is 3.15. The Bertz CT molecular complexity index is 902. The van der Waals surface area contributed by atoms with Crippen molar-refractivity contribution >= 4 is 15.8 Å². The van der Waals surface area contributed by atoms with E-state index in [1.165, 1.54) is 23.7 Å². The maximum Gasteiger partial charge on any atom is 0.387 e. The van der Waals surface area contributed by atoms with Crippen LogP contribution in [-0.4, -0.2) is 39.5 Å². The molecule has 1 fully saturated rings. The molecule has 0 bridgehead atoms. The SMILES string of the molecule is COc1cc(CNc2ccc(S(=O)(=O)N3CCCC3)c[nH+]2)ccc1OC(F)F. The van der Waals surface area contributed by atoms with E-state index in [4.69, 9.17) is 4.74 Å². The lowest BCUT2D eigenvalue weighted by Gasteiger charge is -2.14. The number of methoxy groups -OCH3 is 1. The Morgan fingerprint density at radius 3 is 2.54 bits per heavy atom. The first-order valence-corrected chi connectivity index (χ1v) is 10.2. The van der Waals surface area contributed by atoms with Crippen molar-refractivity contribution in [2.45, 2.75) is 30.9 Å². The number of benzene rings is 1. The number of hydrogen-bond donors (Lipinski definition) is 1. The molecule has 10 heteroatoms. The third kappa shape index (κ3) is 4.68. The summed E-state index contributed by atoms with van der Waals surface area (Å²) in [5.74, 6) is 0.784. The van der Waals surface area contributed by atoms with Crippen LogP contribution in [-0.2, 0) is 16.6 Å². The molecule has 7 nitrogen and oxygen atoms in total. The quantitative estimate of drug-likeness (QED) is 0.718. The van der Waals surface area contributed by atoms with E-state index in [-0.39, 0.29) is 16.4 Å². The van der Waals surface area contributed by atoms with Crippen LogP contribution in [0.2, 0.25) is 0 Å². The van der Waals surface area contributed by atoms with E-state index in [2.05, 4.69) is 15.0 Å². The Morgan fingerprint density at radius 2 is 1.93 bits per heavy atom. The van der Waals surface area contributed by atoms with Crippen molar-refractivity contribution in [1.29, 1.82) is 0 Å². The number of aromatic nitrogens is 1. The lowest BCUT2D eigenvalue weighted by atomic mass is 10.2. The molecule has 1 aromatic carbocycles. The number of pyridine rings is 1. The molecule has 2 heterocycles. The Balaban J connectivity index is 1.65. The molecule has 0 unspecified atom stereocenters. The van der Waals surface area contributed by atoms with E-state index in [0.29, 0.717) is 25.5 Å². The molecule has 0 spiro atoms. The van der Waals surface area contributed by atoms with Gasteiger partial charge in [-0.15, -0.1) is 0 Å². The molecule has 1 aliphatic heterocycles. The zero-order valence-corrected chi connectivity index (χ0v) is 16.1. The number of alkyl halides is 2. The van der Waals surface area contributed by atoms with Gasteiger partial charge in [0.05, 0.1) is 7.11 Å². The monoisotopic (exact) mass is 414 g/mol. The van der Waals surface area contributed by atoms with E-state index in [1.54, 1.807) is 24.3 Å². The summed E-state index contributed by atoms with van der Waals surface area (Å²) in [5.41, 5.74) is 0.778. The smallest absolute Gasteiger partial charge is 0.387 e. The molecule has 1 saturated heterocycles. The molecule has 0 saturated carbocycles. The highest BCUT2D eigenvalue weighted by atomic mass is 32.2. The normalized spacial score (nSPS) is 15.0. The van der Waals surface area contributed by atoms with Crippen molar-refractivity contribution in [3.63, 3.8) is 0 Å². The molecule has 28 heavy (non-hydrogen) atoms. The Labute approximate surface area is 162 Å². The number of anilines is 1. The van der Waals surface area contributed by atoms with Crippen LogP contribution in [0, 0.1) is 0 Å². The summed E-state index contributed by atoms with van der Waals surface area (Å²) in [6.45, 7) is -1.45. The maximum absolute atomic E-state index is 12.5. The van der Waals surface area contributed by atoms with Crippen molar-refractivity contribution < 1.29 is 31.7 Å². The van der Waals surface area contributed by atoms with Crippen molar-refractivity contribution in [3.8, 4) is 11.5 Å². The van der Waals surface area contributed by atoms with E-state index >= 15 is 0 Å². The molecule has 2 aromatic rings. The second kappa shape index (κ2) is 8.70. The van der Waals surface area contributed by atoms with Gasteiger partial charge >= 0.3 is 6.61 Å². The lowest BCUT2D eigenvalue weighted by molar-refractivity contribution is -0.364. The fraction of sp³-hybridized carbons (Fsp3) is 0.389. The molecule has 152 valence electrons. The van der Waals surface area contributed by atoms with Crippen LogP contribution < -0.4 is 19.8 Å². The molecule has 0 amide bonds. The number of aromatic amines is 1. The predicted octanol–water partition coefficient (Wildman–Crippen LogP) is 2.51. The van der Waals surface area contributed by atoms with Gasteiger partial charge in [-0.25, -0.2) is 13.4 Å². The van der Waals surface area contributed by atoms with Crippen molar-refractivity contribution in [2.75, 3.05) is 25.5 Å². The summed E-state index contributed by atoms with van der Waals surface area (Å²) in [7, 11) is -2.09. The van der Waals surface area contributed by atoms with Gasteiger partial charge in [-0.05, 0) is 36.6 Å². The van der Waals surface area contributed by atoms with E-state index in [0.717, 1.165) is 18.4 Å². The summed E-state index contributed by atoms with van der Waals surface area (Å²) in [6, 6.07) is 7.84. The standard InChI is InChI=1S/C18H21F2N3O4S/c1-26-16-10-13(4-6-15(16)27-18(19)20)11-21-17-7-5-14(12-22-17)28(24,25)23-8-2-3-9-23/h4-7,10,12,18H,2-3,8-9,11H2,1H3,(H,21,22)/p+1. The van der Waals surface area contributed by atoms with Crippen LogP contribution in [0.25, 0.3) is 0 Å². The van der Waals surface area contributed by atoms with Crippen LogP contribution in [0.4, 0.5) is 14.6 Å². The number of ether oxygens (including phenoxy) is 2. The van der Waals surface area contributed by atoms with E-state index < -0.39 is 16.6 Å². The van der Waals surface area contributed by atoms with Gasteiger partial charge in [0.15, 0.2) is 11.5 Å². The first-order chi connectivity index (χ1) is 13.4. The number of sulfonamides is 1. The van der Waals surface area contributed by atoms with Gasteiger partial charge < -0.3 is 9.47 Å². The van der Waals surface area contributed by atoms with Gasteiger partial charge in [0.1, 0.15) is 17.6 Å². The van der Waals surface area contributed by atoms with E-state index in [9.17, 15) is 17.2 Å². The second-order valence-electron chi connectivity index (χ2n) is 6.27. The topological polar surface area (TPSA) is 82.0 Å². The second-order valence-corrected chi connectivity index (χ2v) is 8.20. The third-order valence-electron chi connectivity index (χ3n) is 4.41. The molecule has 3 rings (SSSR count). The van der Waals surface area contributed by atoms with Crippen LogP contribution in [0.3, 0.4) is 0 Å².